The highest BCUT2D eigenvalue weighted by molar-refractivity contribution is 6.04. The van der Waals surface area contributed by atoms with Crippen molar-refractivity contribution in [1.82, 2.24) is 10.3 Å². The fourth-order valence-electron chi connectivity index (χ4n) is 3.32. The summed E-state index contributed by atoms with van der Waals surface area (Å²) in [6.07, 6.45) is 5.94. The third-order valence-electron chi connectivity index (χ3n) is 4.91. The molecule has 154 valence electrons. The highest BCUT2D eigenvalue weighted by Crippen LogP contribution is 2.22. The molecular weight excluding hydrogens is 368 g/mol. The predicted molar refractivity (Wildman–Crippen MR) is 114 cm³/mol. The molecule has 2 N–H and O–H groups in total. The van der Waals surface area contributed by atoms with Gasteiger partial charge >= 0.3 is 0 Å². The van der Waals surface area contributed by atoms with Gasteiger partial charge in [-0.2, -0.15) is 0 Å². The van der Waals surface area contributed by atoms with Crippen LogP contribution in [-0.4, -0.2) is 50.1 Å². The molecule has 7 heteroatoms. The topological polar surface area (TPSA) is 83.6 Å². The second kappa shape index (κ2) is 10.6. The molecule has 1 aromatic heterocycles. The third kappa shape index (κ3) is 6.02. The van der Waals surface area contributed by atoms with Gasteiger partial charge < -0.3 is 20.3 Å². The number of carbonyl (C=O) groups excluding carboxylic acids is 2. The summed E-state index contributed by atoms with van der Waals surface area (Å²) in [5.41, 5.74) is 2.48. The van der Waals surface area contributed by atoms with Gasteiger partial charge in [0.15, 0.2) is 0 Å². The van der Waals surface area contributed by atoms with E-state index >= 15 is 0 Å². The van der Waals surface area contributed by atoms with E-state index in [1.807, 2.05) is 24.3 Å². The number of benzene rings is 1. The van der Waals surface area contributed by atoms with Crippen molar-refractivity contribution < 1.29 is 14.3 Å². The van der Waals surface area contributed by atoms with Crippen molar-refractivity contribution >= 4 is 23.2 Å². The van der Waals surface area contributed by atoms with Gasteiger partial charge in [0.1, 0.15) is 5.69 Å². The summed E-state index contributed by atoms with van der Waals surface area (Å²) in [7, 11) is 1.62. The minimum Gasteiger partial charge on any atom is -0.385 e. The predicted octanol–water partition coefficient (Wildman–Crippen LogP) is 3.09. The van der Waals surface area contributed by atoms with Gasteiger partial charge in [0.25, 0.3) is 11.8 Å². The zero-order chi connectivity index (χ0) is 20.5. The van der Waals surface area contributed by atoms with Crippen LogP contribution in [0.5, 0.6) is 0 Å². The summed E-state index contributed by atoms with van der Waals surface area (Å²) in [6.45, 7) is 3.26. The first-order chi connectivity index (χ1) is 14.2. The summed E-state index contributed by atoms with van der Waals surface area (Å²) in [4.78, 5) is 31.2. The van der Waals surface area contributed by atoms with Crippen molar-refractivity contribution in [1.29, 1.82) is 0 Å². The highest BCUT2D eigenvalue weighted by atomic mass is 16.5. The lowest BCUT2D eigenvalue weighted by Gasteiger charge is -2.28. The van der Waals surface area contributed by atoms with Gasteiger partial charge in [-0.25, -0.2) is 0 Å². The second-order valence-corrected chi connectivity index (χ2v) is 7.08. The van der Waals surface area contributed by atoms with Crippen LogP contribution in [-0.2, 0) is 4.74 Å². The van der Waals surface area contributed by atoms with Gasteiger partial charge in [-0.3, -0.25) is 14.6 Å². The van der Waals surface area contributed by atoms with E-state index in [9.17, 15) is 9.59 Å². The molecule has 0 unspecified atom stereocenters. The summed E-state index contributed by atoms with van der Waals surface area (Å²) in [5.74, 6) is -0.576. The molecule has 1 saturated heterocycles. The number of aromatic nitrogens is 1. The number of methoxy groups -OCH3 is 1. The first-order valence-electron chi connectivity index (χ1n) is 10.1. The van der Waals surface area contributed by atoms with Crippen LogP contribution in [0, 0.1) is 0 Å². The molecule has 29 heavy (non-hydrogen) atoms. The fourth-order valence-corrected chi connectivity index (χ4v) is 3.32. The molecule has 0 spiro atoms. The quantitative estimate of drug-likeness (QED) is 0.670. The van der Waals surface area contributed by atoms with Crippen molar-refractivity contribution in [2.75, 3.05) is 43.6 Å². The summed E-state index contributed by atoms with van der Waals surface area (Å²) < 4.78 is 4.96. The van der Waals surface area contributed by atoms with Crippen LogP contribution >= 0.6 is 0 Å². The Bertz CT molecular complexity index is 817. The number of carbonyl (C=O) groups is 2. The third-order valence-corrected chi connectivity index (χ3v) is 4.91. The Morgan fingerprint density at radius 1 is 1.07 bits per heavy atom. The number of hydrogen-bond donors (Lipinski definition) is 2. The van der Waals surface area contributed by atoms with E-state index in [0.717, 1.165) is 19.5 Å². The van der Waals surface area contributed by atoms with Gasteiger partial charge in [-0.15, -0.1) is 0 Å². The zero-order valence-electron chi connectivity index (χ0n) is 16.8. The van der Waals surface area contributed by atoms with Gasteiger partial charge in [0, 0.05) is 56.5 Å². The molecule has 0 aliphatic carbocycles. The lowest BCUT2D eigenvalue weighted by molar-refractivity contribution is 0.0948. The van der Waals surface area contributed by atoms with E-state index < -0.39 is 0 Å². The number of pyridine rings is 1. The monoisotopic (exact) mass is 396 g/mol. The first kappa shape index (κ1) is 20.8. The van der Waals surface area contributed by atoms with Crippen molar-refractivity contribution in [2.45, 2.75) is 25.7 Å². The van der Waals surface area contributed by atoms with E-state index in [-0.39, 0.29) is 17.5 Å². The van der Waals surface area contributed by atoms with Crippen LogP contribution in [0.4, 0.5) is 11.4 Å². The van der Waals surface area contributed by atoms with Crippen molar-refractivity contribution in [3.8, 4) is 0 Å². The van der Waals surface area contributed by atoms with Crippen molar-refractivity contribution in [2.24, 2.45) is 0 Å². The number of nitrogens with one attached hydrogen (secondary N) is 2. The van der Waals surface area contributed by atoms with Crippen LogP contribution in [0.2, 0.25) is 0 Å². The van der Waals surface area contributed by atoms with Crippen LogP contribution in [0.25, 0.3) is 0 Å². The van der Waals surface area contributed by atoms with E-state index in [1.54, 1.807) is 13.2 Å². The molecular formula is C22H28N4O3. The Balaban J connectivity index is 1.58. The highest BCUT2D eigenvalue weighted by Gasteiger charge is 2.13. The molecule has 1 fully saturated rings. The van der Waals surface area contributed by atoms with Crippen molar-refractivity contribution in [3.63, 3.8) is 0 Å². The molecule has 7 nitrogen and oxygen atoms in total. The minimum atomic E-state index is -0.343. The number of ether oxygens (including phenoxy) is 1. The molecule has 1 aliphatic rings. The second-order valence-electron chi connectivity index (χ2n) is 7.08. The Kier molecular flexibility index (Phi) is 7.58. The molecule has 0 bridgehead atoms. The first-order valence-corrected chi connectivity index (χ1v) is 10.1. The van der Waals surface area contributed by atoms with E-state index in [4.69, 9.17) is 4.74 Å². The maximum Gasteiger partial charge on any atom is 0.274 e. The molecule has 0 saturated carbocycles. The average molecular weight is 396 g/mol. The minimum absolute atomic E-state index is 0.203. The maximum absolute atomic E-state index is 12.5. The molecule has 2 aromatic rings. The van der Waals surface area contributed by atoms with Crippen LogP contribution in [0.15, 0.2) is 42.6 Å². The smallest absolute Gasteiger partial charge is 0.274 e. The van der Waals surface area contributed by atoms with Crippen LogP contribution in [0.3, 0.4) is 0 Å². The largest absolute Gasteiger partial charge is 0.385 e. The average Bonchev–Trinajstić information content (AvgIpc) is 2.78. The molecule has 2 amide bonds. The lowest BCUT2D eigenvalue weighted by atomic mass is 10.1. The molecule has 0 radical (unpaired) electrons. The summed E-state index contributed by atoms with van der Waals surface area (Å²) in [5, 5.41) is 5.65. The maximum atomic E-state index is 12.5. The Morgan fingerprint density at radius 2 is 1.83 bits per heavy atom. The standard InChI is InChI=1S/C22H28N4O3/c1-29-15-5-11-24-21(27)17-10-12-23-20(16-17)22(28)25-18-6-8-19(9-7-18)26-13-3-2-4-14-26/h6-10,12,16H,2-5,11,13-15H2,1H3,(H,24,27)(H,25,28). The molecule has 3 rings (SSSR count). The van der Waals surface area contributed by atoms with Gasteiger partial charge in [0.05, 0.1) is 0 Å². The number of nitrogens with zero attached hydrogens (tertiary/aromatic N) is 2. The Labute approximate surface area is 171 Å². The van der Waals surface area contributed by atoms with E-state index in [2.05, 4.69) is 20.5 Å². The van der Waals surface area contributed by atoms with Gasteiger partial charge in [-0.1, -0.05) is 0 Å². The SMILES string of the molecule is COCCCNC(=O)c1ccnc(C(=O)Nc2ccc(N3CCCCC3)cc2)c1. The molecule has 2 heterocycles. The normalized spacial score (nSPS) is 13.8. The van der Waals surface area contributed by atoms with Crippen LogP contribution < -0.4 is 15.5 Å². The number of piperidine rings is 1. The summed E-state index contributed by atoms with van der Waals surface area (Å²) >= 11 is 0. The number of hydrogen-bond acceptors (Lipinski definition) is 5. The van der Waals surface area contributed by atoms with Crippen molar-refractivity contribution in [3.05, 3.63) is 53.9 Å². The van der Waals surface area contributed by atoms with Gasteiger partial charge in [0.2, 0.25) is 0 Å². The number of amides is 2. The van der Waals surface area contributed by atoms with Gasteiger partial charge in [-0.05, 0) is 62.1 Å². The van der Waals surface area contributed by atoms with E-state index in [0.29, 0.717) is 24.4 Å². The fraction of sp³-hybridized carbons (Fsp3) is 0.409. The molecule has 0 atom stereocenters. The molecule has 1 aromatic carbocycles. The summed E-state index contributed by atoms with van der Waals surface area (Å²) in [6, 6.07) is 10.9. The Morgan fingerprint density at radius 3 is 2.55 bits per heavy atom. The number of anilines is 2. The van der Waals surface area contributed by atoms with Crippen LogP contribution in [0.1, 0.15) is 46.5 Å². The zero-order valence-corrected chi connectivity index (χ0v) is 16.8. The Hall–Kier alpha value is -2.93. The number of rotatable bonds is 8. The van der Waals surface area contributed by atoms with E-state index in [1.165, 1.54) is 37.2 Å². The molecule has 1 aliphatic heterocycles. The lowest BCUT2D eigenvalue weighted by Crippen LogP contribution is -2.29.